The molecule has 2 rings (SSSR count). The molecule has 2 N–H and O–H groups in total. The molecule has 1 heterocycles. The van der Waals surface area contributed by atoms with E-state index in [0.717, 1.165) is 5.56 Å². The van der Waals surface area contributed by atoms with Crippen molar-refractivity contribution in [1.29, 1.82) is 0 Å². The van der Waals surface area contributed by atoms with Crippen LogP contribution < -0.4 is 10.0 Å². The molecule has 0 saturated carbocycles. The summed E-state index contributed by atoms with van der Waals surface area (Å²) in [5.74, 6) is 0.0121. The number of imidazole rings is 1. The second-order valence-electron chi connectivity index (χ2n) is 4.55. The number of anilines is 2. The summed E-state index contributed by atoms with van der Waals surface area (Å²) >= 11 is 0. The fraction of sp³-hybridized carbons (Fsp3) is 0.308. The zero-order valence-electron chi connectivity index (χ0n) is 11.7. The van der Waals surface area contributed by atoms with E-state index in [0.29, 0.717) is 12.2 Å². The van der Waals surface area contributed by atoms with Gasteiger partial charge in [-0.25, -0.2) is 4.98 Å². The number of hydrogen-bond donors (Lipinski definition) is 1. The van der Waals surface area contributed by atoms with Crippen molar-refractivity contribution in [2.75, 3.05) is 16.6 Å². The molecule has 0 fully saturated rings. The third-order valence-electron chi connectivity index (χ3n) is 3.05. The second-order valence-corrected chi connectivity index (χ2v) is 6.33. The average molecular weight is 294 g/mol. The fourth-order valence-corrected chi connectivity index (χ4v) is 3.73. The van der Waals surface area contributed by atoms with Crippen LogP contribution in [0.3, 0.4) is 0 Å². The van der Waals surface area contributed by atoms with Crippen LogP contribution >= 0.6 is 0 Å². The molecule has 0 amide bonds. The van der Waals surface area contributed by atoms with Crippen molar-refractivity contribution in [1.82, 2.24) is 9.55 Å². The quantitative estimate of drug-likeness (QED) is 0.927. The van der Waals surface area contributed by atoms with Crippen molar-refractivity contribution in [2.24, 2.45) is 7.05 Å². The zero-order valence-corrected chi connectivity index (χ0v) is 12.6. The lowest BCUT2D eigenvalue weighted by Gasteiger charge is -2.23. The maximum Gasteiger partial charge on any atom is 0.283 e. The van der Waals surface area contributed by atoms with Gasteiger partial charge in [-0.1, -0.05) is 17.7 Å². The van der Waals surface area contributed by atoms with Gasteiger partial charge in [-0.2, -0.15) is 8.42 Å². The third-order valence-corrected chi connectivity index (χ3v) is 5.09. The summed E-state index contributed by atoms with van der Waals surface area (Å²) in [6.07, 6.45) is 1.39. The third kappa shape index (κ3) is 2.36. The fourth-order valence-electron chi connectivity index (χ4n) is 2.06. The standard InChI is InChI=1S/C13H18N4O2S/c1-4-17(11-7-5-10(2)6-8-11)20(18,19)13-12(14)15-9-16(13)3/h5-9H,4,14H2,1-3H3. The highest BCUT2D eigenvalue weighted by molar-refractivity contribution is 7.92. The van der Waals surface area contributed by atoms with Crippen LogP contribution in [0.2, 0.25) is 0 Å². The molecular weight excluding hydrogens is 276 g/mol. The Hall–Kier alpha value is -2.02. The van der Waals surface area contributed by atoms with Gasteiger partial charge in [-0.15, -0.1) is 0 Å². The Labute approximate surface area is 118 Å². The summed E-state index contributed by atoms with van der Waals surface area (Å²) in [4.78, 5) is 3.84. The Kier molecular flexibility index (Phi) is 3.71. The predicted octanol–water partition coefficient (Wildman–Crippen LogP) is 1.53. The van der Waals surface area contributed by atoms with Crippen molar-refractivity contribution in [2.45, 2.75) is 18.9 Å². The molecule has 0 aliphatic rings. The molecule has 1 aromatic heterocycles. The van der Waals surface area contributed by atoms with Gasteiger partial charge in [0.05, 0.1) is 12.0 Å². The number of rotatable bonds is 4. The Morgan fingerprint density at radius 2 is 1.90 bits per heavy atom. The zero-order chi connectivity index (χ0) is 14.9. The monoisotopic (exact) mass is 294 g/mol. The Morgan fingerprint density at radius 1 is 1.30 bits per heavy atom. The first-order chi connectivity index (χ1) is 9.37. The van der Waals surface area contributed by atoms with Crippen LogP contribution in [0.4, 0.5) is 11.5 Å². The second kappa shape index (κ2) is 5.16. The van der Waals surface area contributed by atoms with Gasteiger partial charge in [0.1, 0.15) is 0 Å². The van der Waals surface area contributed by atoms with Gasteiger partial charge in [0, 0.05) is 13.6 Å². The molecule has 0 spiro atoms. The van der Waals surface area contributed by atoms with Crippen LogP contribution in [0.25, 0.3) is 0 Å². The maximum absolute atomic E-state index is 12.7. The topological polar surface area (TPSA) is 81.2 Å². The smallest absolute Gasteiger partial charge is 0.283 e. The van der Waals surface area contributed by atoms with E-state index in [1.165, 1.54) is 15.2 Å². The van der Waals surface area contributed by atoms with Crippen LogP contribution in [-0.2, 0) is 17.1 Å². The maximum atomic E-state index is 12.7. The first kappa shape index (κ1) is 14.4. The molecule has 0 radical (unpaired) electrons. The molecule has 0 saturated heterocycles. The lowest BCUT2D eigenvalue weighted by atomic mass is 10.2. The minimum absolute atomic E-state index is 0.0121. The SMILES string of the molecule is CCN(c1ccc(C)cc1)S(=O)(=O)c1c(N)ncn1C. The highest BCUT2D eigenvalue weighted by atomic mass is 32.2. The molecule has 0 unspecified atom stereocenters. The number of aryl methyl sites for hydroxylation is 2. The summed E-state index contributed by atoms with van der Waals surface area (Å²) in [5, 5.41) is 0.0138. The van der Waals surface area contributed by atoms with Crippen molar-refractivity contribution >= 4 is 21.5 Å². The largest absolute Gasteiger partial charge is 0.381 e. The van der Waals surface area contributed by atoms with Crippen LogP contribution in [0, 0.1) is 6.92 Å². The number of nitrogen functional groups attached to an aromatic ring is 1. The molecule has 0 aliphatic carbocycles. The minimum atomic E-state index is -3.73. The molecule has 7 heteroatoms. The first-order valence-corrected chi connectivity index (χ1v) is 7.68. The number of hydrogen-bond acceptors (Lipinski definition) is 4. The molecule has 0 bridgehead atoms. The molecule has 0 aliphatic heterocycles. The van der Waals surface area contributed by atoms with E-state index in [4.69, 9.17) is 5.73 Å². The minimum Gasteiger partial charge on any atom is -0.381 e. The van der Waals surface area contributed by atoms with Gasteiger partial charge in [-0.05, 0) is 26.0 Å². The number of aromatic nitrogens is 2. The van der Waals surface area contributed by atoms with Gasteiger partial charge < -0.3 is 10.3 Å². The van der Waals surface area contributed by atoms with Gasteiger partial charge >= 0.3 is 0 Å². The molecule has 108 valence electrons. The predicted molar refractivity (Wildman–Crippen MR) is 79.0 cm³/mol. The molecule has 0 atom stereocenters. The molecule has 20 heavy (non-hydrogen) atoms. The van der Waals surface area contributed by atoms with E-state index in [-0.39, 0.29) is 10.8 Å². The van der Waals surface area contributed by atoms with E-state index in [2.05, 4.69) is 4.98 Å². The number of sulfonamides is 1. The molecule has 2 aromatic rings. The summed E-state index contributed by atoms with van der Waals surface area (Å²) in [6, 6.07) is 7.31. The molecule has 6 nitrogen and oxygen atoms in total. The Bertz CT molecular complexity index is 685. The van der Waals surface area contributed by atoms with Crippen molar-refractivity contribution in [3.8, 4) is 0 Å². The summed E-state index contributed by atoms with van der Waals surface area (Å²) in [6.45, 7) is 4.05. The van der Waals surface area contributed by atoms with E-state index >= 15 is 0 Å². The van der Waals surface area contributed by atoms with Gasteiger partial charge in [0.25, 0.3) is 10.0 Å². The van der Waals surface area contributed by atoms with E-state index < -0.39 is 10.0 Å². The van der Waals surface area contributed by atoms with Crippen molar-refractivity contribution < 1.29 is 8.42 Å². The van der Waals surface area contributed by atoms with Crippen LogP contribution in [-0.4, -0.2) is 24.5 Å². The average Bonchev–Trinajstić information content (AvgIpc) is 2.72. The van der Waals surface area contributed by atoms with E-state index in [1.807, 2.05) is 19.1 Å². The number of nitrogens with two attached hydrogens (primary N) is 1. The lowest BCUT2D eigenvalue weighted by Crippen LogP contribution is -2.32. The normalized spacial score (nSPS) is 11.6. The van der Waals surface area contributed by atoms with Crippen LogP contribution in [0.1, 0.15) is 12.5 Å². The molecular formula is C13H18N4O2S. The van der Waals surface area contributed by atoms with Gasteiger partial charge in [0.2, 0.25) is 0 Å². The Morgan fingerprint density at radius 3 is 2.35 bits per heavy atom. The molecule has 1 aromatic carbocycles. The van der Waals surface area contributed by atoms with Crippen LogP contribution in [0.15, 0.2) is 35.6 Å². The summed E-state index contributed by atoms with van der Waals surface area (Å²) in [7, 11) is -2.12. The van der Waals surface area contributed by atoms with Crippen LogP contribution in [0.5, 0.6) is 0 Å². The highest BCUT2D eigenvalue weighted by Gasteiger charge is 2.29. The van der Waals surface area contributed by atoms with Crippen molar-refractivity contribution in [3.05, 3.63) is 36.2 Å². The Balaban J connectivity index is 2.53. The highest BCUT2D eigenvalue weighted by Crippen LogP contribution is 2.26. The van der Waals surface area contributed by atoms with E-state index in [9.17, 15) is 8.42 Å². The summed E-state index contributed by atoms with van der Waals surface area (Å²) in [5.41, 5.74) is 7.37. The first-order valence-electron chi connectivity index (χ1n) is 6.24. The van der Waals surface area contributed by atoms with Gasteiger partial charge in [-0.3, -0.25) is 4.31 Å². The van der Waals surface area contributed by atoms with E-state index in [1.54, 1.807) is 26.1 Å². The van der Waals surface area contributed by atoms with Crippen molar-refractivity contribution in [3.63, 3.8) is 0 Å². The lowest BCUT2D eigenvalue weighted by molar-refractivity contribution is 0.582. The summed E-state index contributed by atoms with van der Waals surface area (Å²) < 4.78 is 28.2. The number of nitrogens with zero attached hydrogens (tertiary/aromatic N) is 3. The number of benzene rings is 1. The van der Waals surface area contributed by atoms with Gasteiger partial charge in [0.15, 0.2) is 10.8 Å².